The van der Waals surface area contributed by atoms with Crippen molar-refractivity contribution in [3.05, 3.63) is 54.6 Å². The zero-order valence-corrected chi connectivity index (χ0v) is 12.4. The molecule has 0 nitrogen and oxygen atoms in total. The van der Waals surface area contributed by atoms with Crippen molar-refractivity contribution in [3.8, 4) is 11.1 Å². The first-order valence-corrected chi connectivity index (χ1v) is 10.9. The average Bonchev–Trinajstić information content (AvgIpc) is 2.29. The molecule has 17 heavy (non-hydrogen) atoms. The van der Waals surface area contributed by atoms with E-state index in [0.717, 1.165) is 0 Å². The van der Waals surface area contributed by atoms with Crippen LogP contribution in [0.4, 0.5) is 0 Å². The van der Waals surface area contributed by atoms with Crippen LogP contribution >= 0.6 is 11.2 Å². The summed E-state index contributed by atoms with van der Waals surface area (Å²) in [6.45, 7) is 7.16. The third kappa shape index (κ3) is 3.48. The van der Waals surface area contributed by atoms with Gasteiger partial charge < -0.3 is 0 Å². The van der Waals surface area contributed by atoms with Gasteiger partial charge in [0.25, 0.3) is 0 Å². The predicted octanol–water partition coefficient (Wildman–Crippen LogP) is 5.28. The Morgan fingerprint density at radius 1 is 0.765 bits per heavy atom. The molecule has 0 amide bonds. The van der Waals surface area contributed by atoms with Gasteiger partial charge in [0.05, 0.1) is 0 Å². The van der Waals surface area contributed by atoms with Gasteiger partial charge in [-0.15, -0.1) is 0 Å². The molecule has 2 aromatic rings. The maximum atomic E-state index is 2.39. The molecule has 0 aliphatic rings. The standard InChI is InChI=1S/C15H18SSi/c1-17(2,3)16-15-12-8-7-11-14(15)13-9-5-4-6-10-13/h4-12H,1-3H3. The minimum atomic E-state index is -1.15. The van der Waals surface area contributed by atoms with E-state index in [2.05, 4.69) is 85.4 Å². The number of hydrogen-bond acceptors (Lipinski definition) is 1. The Kier molecular flexibility index (Phi) is 3.75. The zero-order chi connectivity index (χ0) is 12.3. The second-order valence-electron chi connectivity index (χ2n) is 5.08. The van der Waals surface area contributed by atoms with Crippen LogP contribution in [0, 0.1) is 0 Å². The van der Waals surface area contributed by atoms with Crippen molar-refractivity contribution >= 4 is 18.4 Å². The highest BCUT2D eigenvalue weighted by Gasteiger charge is 2.17. The van der Waals surface area contributed by atoms with E-state index in [1.807, 2.05) is 0 Å². The Hall–Kier alpha value is -0.993. The highest BCUT2D eigenvalue weighted by molar-refractivity contribution is 8.28. The first kappa shape index (κ1) is 12.5. The molecular formula is C15H18SSi. The van der Waals surface area contributed by atoms with Crippen molar-refractivity contribution < 1.29 is 0 Å². The van der Waals surface area contributed by atoms with Crippen molar-refractivity contribution in [2.24, 2.45) is 0 Å². The van der Waals surface area contributed by atoms with Gasteiger partial charge in [-0.2, -0.15) is 11.2 Å². The number of benzene rings is 2. The molecule has 0 bridgehead atoms. The summed E-state index contributed by atoms with van der Waals surface area (Å²) in [6, 6.07) is 19.4. The molecular weight excluding hydrogens is 240 g/mol. The molecule has 0 N–H and O–H groups in total. The molecule has 88 valence electrons. The lowest BCUT2D eigenvalue weighted by molar-refractivity contribution is 1.45. The van der Waals surface area contributed by atoms with Gasteiger partial charge in [0.1, 0.15) is 7.22 Å². The summed E-state index contributed by atoms with van der Waals surface area (Å²) in [5, 5.41) is 0. The lowest BCUT2D eigenvalue weighted by atomic mass is 10.1. The highest BCUT2D eigenvalue weighted by atomic mass is 32.4. The lowest BCUT2D eigenvalue weighted by Crippen LogP contribution is -2.13. The third-order valence-electron chi connectivity index (χ3n) is 2.39. The molecule has 0 unspecified atom stereocenters. The van der Waals surface area contributed by atoms with Crippen molar-refractivity contribution in [2.75, 3.05) is 0 Å². The molecule has 2 rings (SSSR count). The predicted molar refractivity (Wildman–Crippen MR) is 81.1 cm³/mol. The first-order valence-electron chi connectivity index (χ1n) is 5.90. The van der Waals surface area contributed by atoms with E-state index < -0.39 is 7.22 Å². The fourth-order valence-electron chi connectivity index (χ4n) is 1.74. The second-order valence-corrected chi connectivity index (χ2v) is 14.2. The molecule has 0 radical (unpaired) electrons. The maximum absolute atomic E-state index is 2.39. The molecule has 0 aliphatic heterocycles. The smallest absolute Gasteiger partial charge is 0.114 e. The van der Waals surface area contributed by atoms with Crippen LogP contribution in [0.1, 0.15) is 0 Å². The minimum absolute atomic E-state index is 1.15. The Morgan fingerprint density at radius 3 is 2.00 bits per heavy atom. The second kappa shape index (κ2) is 5.11. The number of hydrogen-bond donors (Lipinski definition) is 0. The summed E-state index contributed by atoms with van der Waals surface area (Å²) >= 11 is 2.06. The fourth-order valence-corrected chi connectivity index (χ4v) is 5.36. The van der Waals surface area contributed by atoms with Crippen molar-refractivity contribution in [3.63, 3.8) is 0 Å². The minimum Gasteiger partial charge on any atom is -0.151 e. The van der Waals surface area contributed by atoms with Gasteiger partial charge in [0.2, 0.25) is 0 Å². The van der Waals surface area contributed by atoms with Crippen molar-refractivity contribution in [1.29, 1.82) is 0 Å². The van der Waals surface area contributed by atoms with Gasteiger partial charge in [-0.1, -0.05) is 68.2 Å². The molecule has 0 saturated heterocycles. The van der Waals surface area contributed by atoms with E-state index in [9.17, 15) is 0 Å². The Bertz CT molecular complexity index is 486. The van der Waals surface area contributed by atoms with Crippen molar-refractivity contribution in [1.82, 2.24) is 0 Å². The van der Waals surface area contributed by atoms with E-state index in [0.29, 0.717) is 0 Å². The van der Waals surface area contributed by atoms with Gasteiger partial charge in [0, 0.05) is 4.90 Å². The Morgan fingerprint density at radius 2 is 1.35 bits per heavy atom. The molecule has 0 atom stereocenters. The van der Waals surface area contributed by atoms with Crippen LogP contribution in [-0.4, -0.2) is 7.22 Å². The summed E-state index contributed by atoms with van der Waals surface area (Å²) < 4.78 is 0. The quantitative estimate of drug-likeness (QED) is 0.675. The Balaban J connectivity index is 2.41. The van der Waals surface area contributed by atoms with Crippen LogP contribution in [-0.2, 0) is 0 Å². The molecule has 0 heterocycles. The van der Waals surface area contributed by atoms with E-state index in [1.165, 1.54) is 16.0 Å². The van der Waals surface area contributed by atoms with E-state index in [-0.39, 0.29) is 0 Å². The van der Waals surface area contributed by atoms with Crippen molar-refractivity contribution in [2.45, 2.75) is 24.5 Å². The highest BCUT2D eigenvalue weighted by Crippen LogP contribution is 2.36. The summed E-state index contributed by atoms with van der Waals surface area (Å²) in [5.41, 5.74) is 2.68. The van der Waals surface area contributed by atoms with Crippen LogP contribution < -0.4 is 0 Å². The monoisotopic (exact) mass is 258 g/mol. The van der Waals surface area contributed by atoms with E-state index >= 15 is 0 Å². The SMILES string of the molecule is C[Si](C)(C)Sc1ccccc1-c1ccccc1. The summed E-state index contributed by atoms with van der Waals surface area (Å²) in [6.07, 6.45) is 0. The molecule has 0 fully saturated rings. The molecule has 2 aromatic carbocycles. The van der Waals surface area contributed by atoms with Crippen LogP contribution in [0.3, 0.4) is 0 Å². The summed E-state index contributed by atoms with van der Waals surface area (Å²) in [7, 11) is -1.15. The topological polar surface area (TPSA) is 0 Å². The third-order valence-corrected chi connectivity index (χ3v) is 6.07. The first-order chi connectivity index (χ1) is 8.06. The molecule has 0 saturated carbocycles. The van der Waals surface area contributed by atoms with E-state index in [4.69, 9.17) is 0 Å². The molecule has 0 aliphatic carbocycles. The normalized spacial score (nSPS) is 11.5. The molecule has 0 aromatic heterocycles. The van der Waals surface area contributed by atoms with Gasteiger partial charge in [-0.3, -0.25) is 0 Å². The summed E-state index contributed by atoms with van der Waals surface area (Å²) in [5.74, 6) is 0. The largest absolute Gasteiger partial charge is 0.151 e. The lowest BCUT2D eigenvalue weighted by Gasteiger charge is -2.18. The Labute approximate surface area is 109 Å². The zero-order valence-electron chi connectivity index (χ0n) is 10.6. The summed E-state index contributed by atoms with van der Waals surface area (Å²) in [4.78, 5) is 1.41. The van der Waals surface area contributed by atoms with Crippen LogP contribution in [0.25, 0.3) is 11.1 Å². The van der Waals surface area contributed by atoms with Gasteiger partial charge in [0.15, 0.2) is 0 Å². The maximum Gasteiger partial charge on any atom is 0.114 e. The van der Waals surface area contributed by atoms with E-state index in [1.54, 1.807) is 0 Å². The van der Waals surface area contributed by atoms with Crippen LogP contribution in [0.5, 0.6) is 0 Å². The average molecular weight is 258 g/mol. The van der Waals surface area contributed by atoms with Crippen LogP contribution in [0.15, 0.2) is 59.5 Å². The molecule has 2 heteroatoms. The molecule has 0 spiro atoms. The van der Waals surface area contributed by atoms with Gasteiger partial charge in [-0.25, -0.2) is 0 Å². The fraction of sp³-hybridized carbons (Fsp3) is 0.200. The van der Waals surface area contributed by atoms with Gasteiger partial charge in [-0.05, 0) is 17.2 Å². The van der Waals surface area contributed by atoms with Crippen LogP contribution in [0.2, 0.25) is 19.6 Å². The van der Waals surface area contributed by atoms with Gasteiger partial charge >= 0.3 is 0 Å². The number of rotatable bonds is 3.